The molecule has 1 aliphatic heterocycles. The lowest BCUT2D eigenvalue weighted by Gasteiger charge is -2.29. The van der Waals surface area contributed by atoms with Gasteiger partial charge in [-0.3, -0.25) is 11.3 Å². The third-order valence-electron chi connectivity index (χ3n) is 2.96. The number of thiophene rings is 1. The van der Waals surface area contributed by atoms with E-state index in [1.165, 1.54) is 16.9 Å². The van der Waals surface area contributed by atoms with Crippen molar-refractivity contribution in [2.75, 3.05) is 13.2 Å². The van der Waals surface area contributed by atoms with Gasteiger partial charge in [0, 0.05) is 17.4 Å². The number of hydrazine groups is 1. The average molecular weight is 226 g/mol. The standard InChI is InChI=1S/C11H18N2OS/c1-8-5-10(7-15-8)11(13-12)9-3-2-4-14-6-9/h5,7,9,11,13H,2-4,6,12H2,1H3. The zero-order chi connectivity index (χ0) is 10.7. The Bertz CT molecular complexity index is 307. The van der Waals surface area contributed by atoms with Crippen molar-refractivity contribution in [3.05, 3.63) is 21.9 Å². The van der Waals surface area contributed by atoms with Crippen LogP contribution in [0.2, 0.25) is 0 Å². The van der Waals surface area contributed by atoms with Crippen molar-refractivity contribution >= 4 is 11.3 Å². The number of hydrogen-bond acceptors (Lipinski definition) is 4. The molecule has 2 rings (SSSR count). The minimum atomic E-state index is 0.246. The van der Waals surface area contributed by atoms with Crippen LogP contribution in [0.25, 0.3) is 0 Å². The topological polar surface area (TPSA) is 47.3 Å². The summed E-state index contributed by atoms with van der Waals surface area (Å²) in [5.74, 6) is 6.16. The summed E-state index contributed by atoms with van der Waals surface area (Å²) in [6.07, 6.45) is 2.34. The van der Waals surface area contributed by atoms with Crippen LogP contribution in [0, 0.1) is 12.8 Å². The molecule has 0 radical (unpaired) electrons. The summed E-state index contributed by atoms with van der Waals surface area (Å²) in [4.78, 5) is 1.34. The average Bonchev–Trinajstić information content (AvgIpc) is 2.68. The van der Waals surface area contributed by atoms with Crippen LogP contribution in [0.1, 0.15) is 29.3 Å². The SMILES string of the molecule is Cc1cc(C(NN)C2CCCOC2)cs1. The zero-order valence-corrected chi connectivity index (χ0v) is 9.85. The minimum absolute atomic E-state index is 0.246. The molecule has 1 saturated heterocycles. The molecule has 2 atom stereocenters. The molecule has 1 aliphatic rings. The first kappa shape index (κ1) is 11.1. The molecule has 84 valence electrons. The normalized spacial score (nSPS) is 24.0. The highest BCUT2D eigenvalue weighted by molar-refractivity contribution is 7.10. The van der Waals surface area contributed by atoms with Crippen molar-refractivity contribution in [3.63, 3.8) is 0 Å². The molecule has 3 N–H and O–H groups in total. The van der Waals surface area contributed by atoms with Crippen molar-refractivity contribution in [1.82, 2.24) is 5.43 Å². The van der Waals surface area contributed by atoms with Crippen molar-refractivity contribution in [2.45, 2.75) is 25.8 Å². The van der Waals surface area contributed by atoms with Crippen LogP contribution in [0.5, 0.6) is 0 Å². The number of ether oxygens (including phenoxy) is 1. The predicted octanol–water partition coefficient (Wildman–Crippen LogP) is 1.99. The van der Waals surface area contributed by atoms with Crippen molar-refractivity contribution < 1.29 is 4.74 Å². The Balaban J connectivity index is 2.08. The van der Waals surface area contributed by atoms with E-state index >= 15 is 0 Å². The lowest BCUT2D eigenvalue weighted by molar-refractivity contribution is 0.0391. The molecule has 1 fully saturated rings. The van der Waals surface area contributed by atoms with Gasteiger partial charge < -0.3 is 4.74 Å². The molecular formula is C11H18N2OS. The Hall–Kier alpha value is -0.420. The Morgan fingerprint density at radius 2 is 2.53 bits per heavy atom. The maximum absolute atomic E-state index is 5.64. The first-order valence-corrected chi connectivity index (χ1v) is 6.28. The Labute approximate surface area is 94.6 Å². The van der Waals surface area contributed by atoms with Gasteiger partial charge in [-0.05, 0) is 36.8 Å². The summed E-state index contributed by atoms with van der Waals surface area (Å²) in [5, 5.41) is 2.19. The summed E-state index contributed by atoms with van der Waals surface area (Å²) >= 11 is 1.78. The smallest absolute Gasteiger partial charge is 0.0518 e. The summed E-state index contributed by atoms with van der Waals surface area (Å²) in [6.45, 7) is 3.85. The highest BCUT2D eigenvalue weighted by atomic mass is 32.1. The van der Waals surface area contributed by atoms with Crippen LogP contribution in [-0.4, -0.2) is 13.2 Å². The molecule has 15 heavy (non-hydrogen) atoms. The van der Waals surface area contributed by atoms with Crippen LogP contribution in [0.4, 0.5) is 0 Å². The largest absolute Gasteiger partial charge is 0.381 e. The lowest BCUT2D eigenvalue weighted by Crippen LogP contribution is -2.37. The van der Waals surface area contributed by atoms with Crippen LogP contribution in [-0.2, 0) is 4.74 Å². The fourth-order valence-corrected chi connectivity index (χ4v) is 2.90. The van der Waals surface area contributed by atoms with E-state index in [9.17, 15) is 0 Å². The molecular weight excluding hydrogens is 208 g/mol. The summed E-state index contributed by atoms with van der Waals surface area (Å²) in [5.41, 5.74) is 4.23. The fourth-order valence-electron chi connectivity index (χ4n) is 2.16. The molecule has 0 saturated carbocycles. The maximum atomic E-state index is 5.64. The van der Waals surface area contributed by atoms with Gasteiger partial charge in [0.2, 0.25) is 0 Å². The van der Waals surface area contributed by atoms with Crippen LogP contribution < -0.4 is 11.3 Å². The molecule has 0 aromatic carbocycles. The molecule has 0 spiro atoms. The van der Waals surface area contributed by atoms with Gasteiger partial charge in [-0.2, -0.15) is 0 Å². The summed E-state index contributed by atoms with van der Waals surface area (Å²) in [7, 11) is 0. The van der Waals surface area contributed by atoms with E-state index < -0.39 is 0 Å². The van der Waals surface area contributed by atoms with E-state index in [-0.39, 0.29) is 6.04 Å². The second kappa shape index (κ2) is 5.07. The van der Waals surface area contributed by atoms with Crippen LogP contribution in [0.15, 0.2) is 11.4 Å². The van der Waals surface area contributed by atoms with Crippen molar-refractivity contribution in [3.8, 4) is 0 Å². The third-order valence-corrected chi connectivity index (χ3v) is 3.84. The quantitative estimate of drug-likeness (QED) is 0.612. The van der Waals surface area contributed by atoms with Gasteiger partial charge in [-0.15, -0.1) is 11.3 Å². The molecule has 1 aromatic heterocycles. The molecule has 0 aliphatic carbocycles. The zero-order valence-electron chi connectivity index (χ0n) is 9.03. The summed E-state index contributed by atoms with van der Waals surface area (Å²) in [6, 6.07) is 2.46. The van der Waals surface area contributed by atoms with Gasteiger partial charge in [0.05, 0.1) is 12.6 Å². The number of aryl methyl sites for hydroxylation is 1. The van der Waals surface area contributed by atoms with E-state index in [0.717, 1.165) is 19.6 Å². The predicted molar refractivity (Wildman–Crippen MR) is 62.7 cm³/mol. The molecule has 3 nitrogen and oxygen atoms in total. The Morgan fingerprint density at radius 1 is 1.67 bits per heavy atom. The van der Waals surface area contributed by atoms with E-state index in [1.54, 1.807) is 11.3 Å². The van der Waals surface area contributed by atoms with Gasteiger partial charge >= 0.3 is 0 Å². The van der Waals surface area contributed by atoms with E-state index in [1.807, 2.05) is 0 Å². The molecule has 2 unspecified atom stereocenters. The van der Waals surface area contributed by atoms with Crippen LogP contribution >= 0.6 is 11.3 Å². The number of rotatable bonds is 3. The first-order chi connectivity index (χ1) is 7.31. The maximum Gasteiger partial charge on any atom is 0.0518 e. The van der Waals surface area contributed by atoms with Gasteiger partial charge in [-0.25, -0.2) is 0 Å². The van der Waals surface area contributed by atoms with E-state index in [2.05, 4.69) is 23.8 Å². The lowest BCUT2D eigenvalue weighted by atomic mass is 9.90. The monoisotopic (exact) mass is 226 g/mol. The number of hydrogen-bond donors (Lipinski definition) is 2. The minimum Gasteiger partial charge on any atom is -0.381 e. The van der Waals surface area contributed by atoms with Gasteiger partial charge in [0.15, 0.2) is 0 Å². The van der Waals surface area contributed by atoms with Gasteiger partial charge in [-0.1, -0.05) is 0 Å². The molecule has 2 heterocycles. The Morgan fingerprint density at radius 3 is 3.07 bits per heavy atom. The van der Waals surface area contributed by atoms with E-state index in [4.69, 9.17) is 10.6 Å². The van der Waals surface area contributed by atoms with Gasteiger partial charge in [0.25, 0.3) is 0 Å². The summed E-state index contributed by atoms with van der Waals surface area (Å²) < 4.78 is 5.50. The van der Waals surface area contributed by atoms with Crippen molar-refractivity contribution in [2.24, 2.45) is 11.8 Å². The van der Waals surface area contributed by atoms with E-state index in [0.29, 0.717) is 5.92 Å². The second-order valence-corrected chi connectivity index (χ2v) is 5.23. The first-order valence-electron chi connectivity index (χ1n) is 5.40. The van der Waals surface area contributed by atoms with Gasteiger partial charge in [0.1, 0.15) is 0 Å². The third kappa shape index (κ3) is 2.58. The number of nitrogens with two attached hydrogens (primary N) is 1. The second-order valence-electron chi connectivity index (χ2n) is 4.11. The highest BCUT2D eigenvalue weighted by Crippen LogP contribution is 2.30. The van der Waals surface area contributed by atoms with Crippen LogP contribution in [0.3, 0.4) is 0 Å². The fraction of sp³-hybridized carbons (Fsp3) is 0.636. The van der Waals surface area contributed by atoms with Crippen molar-refractivity contribution in [1.29, 1.82) is 0 Å². The number of nitrogens with one attached hydrogen (secondary N) is 1. The Kier molecular flexibility index (Phi) is 3.75. The molecule has 1 aromatic rings. The molecule has 0 bridgehead atoms. The highest BCUT2D eigenvalue weighted by Gasteiger charge is 2.25. The molecule has 4 heteroatoms. The molecule has 0 amide bonds.